The Hall–Kier alpha value is -4.37. The van der Waals surface area contributed by atoms with E-state index in [9.17, 15) is 33.3 Å². The summed E-state index contributed by atoms with van der Waals surface area (Å²) in [6.45, 7) is 5.62. The SMILES string of the molecule is C=C(C(=O)OC)[C@@]1(c2ccc(C(F)(F)F)cc2)CC(C(=O)OC)=C(c2ccc(C)cc2)C1(C#N)C#N. The fraction of sp³-hybridized carbons (Fsp3) is 0.259. The topological polar surface area (TPSA) is 100 Å². The molecule has 1 atom stereocenters. The number of carbonyl (C=O) groups is 2. The van der Waals surface area contributed by atoms with Crippen LogP contribution in [0.4, 0.5) is 13.2 Å². The molecule has 6 nitrogen and oxygen atoms in total. The minimum atomic E-state index is -4.65. The summed E-state index contributed by atoms with van der Waals surface area (Å²) in [6.07, 6.45) is -5.06. The van der Waals surface area contributed by atoms with E-state index in [1.165, 1.54) is 0 Å². The molecular weight excluding hydrogens is 473 g/mol. The highest BCUT2D eigenvalue weighted by Crippen LogP contribution is 2.63. The van der Waals surface area contributed by atoms with Gasteiger partial charge in [-0.25, -0.2) is 9.59 Å². The minimum absolute atomic E-state index is 0.00991. The van der Waals surface area contributed by atoms with Crippen molar-refractivity contribution in [3.8, 4) is 12.1 Å². The predicted octanol–water partition coefficient (Wildman–Crippen LogP) is 5.04. The molecule has 0 spiro atoms. The van der Waals surface area contributed by atoms with Crippen molar-refractivity contribution < 1.29 is 32.2 Å². The molecule has 0 unspecified atom stereocenters. The Balaban J connectivity index is 2.46. The van der Waals surface area contributed by atoms with Crippen molar-refractivity contribution in [1.29, 1.82) is 10.5 Å². The lowest BCUT2D eigenvalue weighted by Crippen LogP contribution is -2.45. The van der Waals surface area contributed by atoms with Crippen molar-refractivity contribution in [3.63, 3.8) is 0 Å². The second kappa shape index (κ2) is 9.35. The summed E-state index contributed by atoms with van der Waals surface area (Å²) in [5, 5.41) is 21.1. The summed E-state index contributed by atoms with van der Waals surface area (Å²) in [5.41, 5.74) is -4.41. The van der Waals surface area contributed by atoms with Crippen molar-refractivity contribution >= 4 is 17.5 Å². The predicted molar refractivity (Wildman–Crippen MR) is 123 cm³/mol. The van der Waals surface area contributed by atoms with Crippen molar-refractivity contribution in [2.75, 3.05) is 14.2 Å². The van der Waals surface area contributed by atoms with Gasteiger partial charge in [0.15, 0.2) is 5.41 Å². The zero-order chi connectivity index (χ0) is 26.9. The van der Waals surface area contributed by atoms with E-state index in [1.807, 2.05) is 19.1 Å². The maximum Gasteiger partial charge on any atom is 0.416 e. The zero-order valence-electron chi connectivity index (χ0n) is 19.7. The number of carbonyl (C=O) groups excluding carboxylic acids is 2. The number of hydrogen-bond donors (Lipinski definition) is 0. The van der Waals surface area contributed by atoms with Crippen LogP contribution in [-0.2, 0) is 30.7 Å². The monoisotopic (exact) mass is 494 g/mol. The molecule has 0 bridgehead atoms. The molecule has 0 fully saturated rings. The Bertz CT molecular complexity index is 1330. The normalized spacial score (nSPS) is 18.7. The van der Waals surface area contributed by atoms with E-state index in [-0.39, 0.29) is 22.3 Å². The van der Waals surface area contributed by atoms with Gasteiger partial charge in [-0.1, -0.05) is 48.5 Å². The largest absolute Gasteiger partial charge is 0.466 e. The van der Waals surface area contributed by atoms with E-state index in [0.29, 0.717) is 5.56 Å². The standard InChI is InChI=1S/C27H21F3N2O4/c1-16-5-7-18(8-6-16)22-21(24(34)36-4)13-26(17(2)23(33)35-3,25(22,14-31)15-32)19-9-11-20(12-10-19)27(28,29)30/h5-12H,2,13H2,1,3-4H3/t26-/m1/s1. The number of rotatable bonds is 5. The lowest BCUT2D eigenvalue weighted by atomic mass is 9.56. The van der Waals surface area contributed by atoms with Gasteiger partial charge in [0.1, 0.15) is 0 Å². The molecule has 2 aromatic rings. The van der Waals surface area contributed by atoms with Gasteiger partial charge in [-0.05, 0) is 36.6 Å². The number of nitrogens with zero attached hydrogens (tertiary/aromatic N) is 2. The third kappa shape index (κ3) is 3.83. The molecule has 1 aliphatic rings. The van der Waals surface area contributed by atoms with Gasteiger partial charge in [0.25, 0.3) is 0 Å². The Kier molecular flexibility index (Phi) is 6.81. The van der Waals surface area contributed by atoms with E-state index in [1.54, 1.807) is 24.3 Å². The number of halogens is 3. The molecule has 0 aromatic heterocycles. The molecule has 9 heteroatoms. The van der Waals surface area contributed by atoms with Crippen LogP contribution in [0.15, 0.2) is 66.3 Å². The van der Waals surface area contributed by atoms with Gasteiger partial charge < -0.3 is 9.47 Å². The van der Waals surface area contributed by atoms with Crippen LogP contribution in [0, 0.1) is 35.0 Å². The van der Waals surface area contributed by atoms with Crippen molar-refractivity contribution in [2.45, 2.75) is 24.9 Å². The number of hydrogen-bond acceptors (Lipinski definition) is 6. The van der Waals surface area contributed by atoms with Crippen LogP contribution in [0.1, 0.15) is 28.7 Å². The Labute approximate surface area is 205 Å². The molecule has 0 N–H and O–H groups in total. The number of alkyl halides is 3. The highest BCUT2D eigenvalue weighted by molar-refractivity contribution is 6.06. The average Bonchev–Trinajstić information content (AvgIpc) is 3.19. The molecule has 184 valence electrons. The molecular formula is C27H21F3N2O4. The molecule has 0 saturated heterocycles. The van der Waals surface area contributed by atoms with Crippen LogP contribution in [0.3, 0.4) is 0 Å². The van der Waals surface area contributed by atoms with Crippen LogP contribution in [-0.4, -0.2) is 26.2 Å². The van der Waals surface area contributed by atoms with E-state index in [0.717, 1.165) is 44.0 Å². The molecule has 3 rings (SSSR count). The van der Waals surface area contributed by atoms with Crippen LogP contribution in [0.25, 0.3) is 5.57 Å². The number of benzene rings is 2. The lowest BCUT2D eigenvalue weighted by Gasteiger charge is -2.40. The maximum atomic E-state index is 13.3. The molecule has 0 saturated carbocycles. The molecule has 0 heterocycles. The van der Waals surface area contributed by atoms with Crippen molar-refractivity contribution in [3.05, 3.63) is 88.5 Å². The molecule has 1 aliphatic carbocycles. The first-order chi connectivity index (χ1) is 16.9. The zero-order valence-corrected chi connectivity index (χ0v) is 19.7. The second-order valence-electron chi connectivity index (χ2n) is 8.31. The maximum absolute atomic E-state index is 13.3. The lowest BCUT2D eigenvalue weighted by molar-refractivity contribution is -0.138. The van der Waals surface area contributed by atoms with Crippen LogP contribution < -0.4 is 0 Å². The number of esters is 2. The molecule has 36 heavy (non-hydrogen) atoms. The first-order valence-electron chi connectivity index (χ1n) is 10.6. The van der Waals surface area contributed by atoms with Gasteiger partial charge in [0, 0.05) is 16.7 Å². The summed E-state index contributed by atoms with van der Waals surface area (Å²) in [6, 6.07) is 14.3. The molecule has 2 aromatic carbocycles. The molecule has 0 aliphatic heterocycles. The number of aryl methyl sites for hydroxylation is 1. The van der Waals surface area contributed by atoms with Gasteiger partial charge in [0.2, 0.25) is 0 Å². The molecule has 0 amide bonds. The first kappa shape index (κ1) is 26.2. The van der Waals surface area contributed by atoms with Crippen LogP contribution >= 0.6 is 0 Å². The quantitative estimate of drug-likeness (QED) is 0.426. The number of ether oxygens (including phenoxy) is 2. The van der Waals surface area contributed by atoms with Crippen molar-refractivity contribution in [1.82, 2.24) is 0 Å². The number of methoxy groups -OCH3 is 2. The summed E-state index contributed by atoms with van der Waals surface area (Å²) >= 11 is 0. The highest BCUT2D eigenvalue weighted by atomic mass is 19.4. The van der Waals surface area contributed by atoms with Gasteiger partial charge in [-0.3, -0.25) is 0 Å². The van der Waals surface area contributed by atoms with E-state index in [2.05, 4.69) is 6.58 Å². The summed E-state index contributed by atoms with van der Waals surface area (Å²) in [5.74, 6) is -1.84. The minimum Gasteiger partial charge on any atom is -0.466 e. The Morgan fingerprint density at radius 3 is 1.97 bits per heavy atom. The van der Waals surface area contributed by atoms with Gasteiger partial charge in [-0.15, -0.1) is 0 Å². The smallest absolute Gasteiger partial charge is 0.416 e. The molecule has 0 radical (unpaired) electrons. The number of allylic oxidation sites excluding steroid dienone is 1. The number of nitriles is 2. The summed E-state index contributed by atoms with van der Waals surface area (Å²) in [4.78, 5) is 25.8. The van der Waals surface area contributed by atoms with Crippen molar-refractivity contribution in [2.24, 2.45) is 5.41 Å². The van der Waals surface area contributed by atoms with Crippen LogP contribution in [0.5, 0.6) is 0 Å². The Morgan fingerprint density at radius 2 is 1.53 bits per heavy atom. The first-order valence-corrected chi connectivity index (χ1v) is 10.6. The third-order valence-electron chi connectivity index (χ3n) is 6.52. The van der Waals surface area contributed by atoms with Gasteiger partial charge >= 0.3 is 18.1 Å². The van der Waals surface area contributed by atoms with E-state index < -0.39 is 40.9 Å². The Morgan fingerprint density at radius 1 is 0.972 bits per heavy atom. The fourth-order valence-electron chi connectivity index (χ4n) is 4.73. The van der Waals surface area contributed by atoms with E-state index in [4.69, 9.17) is 9.47 Å². The third-order valence-corrected chi connectivity index (χ3v) is 6.52. The van der Waals surface area contributed by atoms with Gasteiger partial charge in [0.05, 0.1) is 37.3 Å². The summed E-state index contributed by atoms with van der Waals surface area (Å²) in [7, 11) is 2.19. The summed E-state index contributed by atoms with van der Waals surface area (Å²) < 4.78 is 49.6. The van der Waals surface area contributed by atoms with Crippen LogP contribution in [0.2, 0.25) is 0 Å². The van der Waals surface area contributed by atoms with E-state index >= 15 is 0 Å². The fourth-order valence-corrected chi connectivity index (χ4v) is 4.73. The second-order valence-corrected chi connectivity index (χ2v) is 8.31. The highest BCUT2D eigenvalue weighted by Gasteiger charge is 2.65. The van der Waals surface area contributed by atoms with Gasteiger partial charge in [-0.2, -0.15) is 23.7 Å². The average molecular weight is 494 g/mol.